The van der Waals surface area contributed by atoms with Crippen LogP contribution in [-0.2, 0) is 9.84 Å². The van der Waals surface area contributed by atoms with E-state index in [1.807, 2.05) is 19.6 Å². The molecule has 0 saturated heterocycles. The van der Waals surface area contributed by atoms with Crippen LogP contribution in [0.5, 0.6) is 0 Å². The Labute approximate surface area is 108 Å². The van der Waals surface area contributed by atoms with Crippen LogP contribution in [0.2, 0.25) is 19.6 Å². The van der Waals surface area contributed by atoms with Gasteiger partial charge in [-0.25, -0.2) is 8.42 Å². The van der Waals surface area contributed by atoms with Crippen LogP contribution >= 0.6 is 0 Å². The molecular formula is C11H14N3O2SSi. The van der Waals surface area contributed by atoms with Crippen molar-refractivity contribution >= 4 is 17.9 Å². The van der Waals surface area contributed by atoms with Gasteiger partial charge < -0.3 is 0 Å². The number of hydrogen-bond donors (Lipinski definition) is 0. The Balaban J connectivity index is 2.58. The smallest absolute Gasteiger partial charge is 0.217 e. The summed E-state index contributed by atoms with van der Waals surface area (Å²) in [5, 5.41) is 7.79. The van der Waals surface area contributed by atoms with Crippen molar-refractivity contribution in [1.82, 2.24) is 5.43 Å². The van der Waals surface area contributed by atoms with Crippen molar-refractivity contribution in [3.8, 4) is 0 Å². The molecule has 0 N–H and O–H groups in total. The van der Waals surface area contributed by atoms with Crippen LogP contribution in [0.3, 0.4) is 0 Å². The first-order valence-corrected chi connectivity index (χ1v) is 10.5. The maximum absolute atomic E-state index is 12.4. The molecule has 0 amide bonds. The minimum Gasteiger partial charge on any atom is -0.217 e. The van der Waals surface area contributed by atoms with E-state index >= 15 is 0 Å². The first-order valence-electron chi connectivity index (χ1n) is 5.50. The largest absolute Gasteiger partial charge is 0.227 e. The van der Waals surface area contributed by atoms with Gasteiger partial charge in [0.15, 0.2) is 0 Å². The zero-order valence-corrected chi connectivity index (χ0v) is 12.3. The fourth-order valence-electron chi connectivity index (χ4n) is 1.56. The molecule has 1 aliphatic heterocycles. The second-order valence-corrected chi connectivity index (χ2v) is 11.8. The van der Waals surface area contributed by atoms with Gasteiger partial charge in [-0.3, -0.25) is 0 Å². The van der Waals surface area contributed by atoms with Crippen LogP contribution in [0.1, 0.15) is 0 Å². The molecule has 0 aliphatic carbocycles. The van der Waals surface area contributed by atoms with Crippen molar-refractivity contribution in [3.63, 3.8) is 0 Å². The fourth-order valence-corrected chi connectivity index (χ4v) is 5.10. The second-order valence-electron chi connectivity index (χ2n) is 5.01. The van der Waals surface area contributed by atoms with Gasteiger partial charge >= 0.3 is 0 Å². The fraction of sp³-hybridized carbons (Fsp3) is 0.273. The summed E-state index contributed by atoms with van der Waals surface area (Å²) in [6, 6.07) is 8.25. The van der Waals surface area contributed by atoms with Crippen molar-refractivity contribution < 1.29 is 8.42 Å². The summed E-state index contributed by atoms with van der Waals surface area (Å²) < 4.78 is 24.9. The molecule has 18 heavy (non-hydrogen) atoms. The molecule has 5 nitrogen and oxygen atoms in total. The molecule has 1 aromatic carbocycles. The van der Waals surface area contributed by atoms with Crippen molar-refractivity contribution in [1.29, 1.82) is 0 Å². The van der Waals surface area contributed by atoms with Crippen molar-refractivity contribution in [2.75, 3.05) is 0 Å². The molecule has 0 saturated carbocycles. The van der Waals surface area contributed by atoms with Gasteiger partial charge in [0.25, 0.3) is 0 Å². The van der Waals surface area contributed by atoms with Crippen LogP contribution in [0.15, 0.2) is 55.9 Å². The molecule has 1 heterocycles. The van der Waals surface area contributed by atoms with E-state index in [1.165, 1.54) is 0 Å². The van der Waals surface area contributed by atoms with Gasteiger partial charge in [0.2, 0.25) is 14.9 Å². The van der Waals surface area contributed by atoms with Gasteiger partial charge in [-0.05, 0) is 17.4 Å². The topological polar surface area (TPSA) is 73.0 Å². The number of sulfone groups is 1. The van der Waals surface area contributed by atoms with E-state index in [2.05, 4.69) is 15.8 Å². The lowest BCUT2D eigenvalue weighted by atomic mass is 10.4. The molecule has 0 atom stereocenters. The quantitative estimate of drug-likeness (QED) is 0.798. The Morgan fingerprint density at radius 2 is 1.67 bits per heavy atom. The molecule has 2 rings (SSSR count). The van der Waals surface area contributed by atoms with Gasteiger partial charge in [-0.2, -0.15) is 0 Å². The first-order chi connectivity index (χ1) is 8.33. The second kappa shape index (κ2) is 4.32. The first kappa shape index (κ1) is 13.0. The highest BCUT2D eigenvalue weighted by Gasteiger charge is 2.35. The Morgan fingerprint density at radius 3 is 2.22 bits per heavy atom. The number of hydrogen-bond acceptors (Lipinski definition) is 4. The monoisotopic (exact) mass is 280 g/mol. The lowest BCUT2D eigenvalue weighted by molar-refractivity contribution is 0.601. The number of benzene rings is 1. The third-order valence-electron chi connectivity index (χ3n) is 2.50. The highest BCUT2D eigenvalue weighted by Crippen LogP contribution is 2.30. The zero-order chi connectivity index (χ0) is 13.4. The SMILES string of the molecule is C[Si](C)(C)C1=C(S(=O)(=O)c2ccccc2)N=N[N]1. The third kappa shape index (κ3) is 2.23. The average molecular weight is 280 g/mol. The molecule has 1 aromatic rings. The van der Waals surface area contributed by atoms with Crippen LogP contribution in [0.25, 0.3) is 0 Å². The molecule has 0 fully saturated rings. The summed E-state index contributed by atoms with van der Waals surface area (Å²) in [5.41, 5.74) is 3.90. The summed E-state index contributed by atoms with van der Waals surface area (Å²) >= 11 is 0. The van der Waals surface area contributed by atoms with Gasteiger partial charge in [0.05, 0.1) is 10.2 Å². The summed E-state index contributed by atoms with van der Waals surface area (Å²) in [7, 11) is -5.49. The van der Waals surface area contributed by atoms with Gasteiger partial charge in [-0.1, -0.05) is 37.8 Å². The molecule has 0 aromatic heterocycles. The average Bonchev–Trinajstić information content (AvgIpc) is 2.79. The molecule has 1 aliphatic rings. The van der Waals surface area contributed by atoms with Crippen molar-refractivity contribution in [2.24, 2.45) is 10.3 Å². The molecule has 7 heteroatoms. The van der Waals surface area contributed by atoms with E-state index in [4.69, 9.17) is 0 Å². The minimum absolute atomic E-state index is 0.00728. The van der Waals surface area contributed by atoms with Crippen LogP contribution in [0.4, 0.5) is 0 Å². The van der Waals surface area contributed by atoms with Crippen molar-refractivity contribution in [2.45, 2.75) is 24.5 Å². The Bertz CT molecular complexity index is 615. The van der Waals surface area contributed by atoms with Gasteiger partial charge in [-0.15, -0.1) is 10.5 Å². The van der Waals surface area contributed by atoms with Crippen LogP contribution < -0.4 is 5.43 Å². The molecule has 0 unspecified atom stereocenters. The summed E-state index contributed by atoms with van der Waals surface area (Å²) in [5.74, 6) is 0. The normalized spacial score (nSPS) is 15.9. The van der Waals surface area contributed by atoms with E-state index < -0.39 is 17.9 Å². The Hall–Kier alpha value is -1.47. The maximum atomic E-state index is 12.4. The van der Waals surface area contributed by atoms with Crippen molar-refractivity contribution in [3.05, 3.63) is 40.7 Å². The van der Waals surface area contributed by atoms with E-state index in [1.54, 1.807) is 30.3 Å². The molecule has 0 spiro atoms. The zero-order valence-electron chi connectivity index (χ0n) is 10.5. The predicted octanol–water partition coefficient (Wildman–Crippen LogP) is 2.49. The maximum Gasteiger partial charge on any atom is 0.227 e. The molecule has 0 bridgehead atoms. The minimum atomic E-state index is -3.61. The van der Waals surface area contributed by atoms with Gasteiger partial charge in [0, 0.05) is 0 Å². The molecular weight excluding hydrogens is 266 g/mol. The lowest BCUT2D eigenvalue weighted by Gasteiger charge is -2.16. The highest BCUT2D eigenvalue weighted by molar-refractivity contribution is 7.95. The molecule has 95 valence electrons. The number of nitrogens with zero attached hydrogens (tertiary/aromatic N) is 3. The summed E-state index contributed by atoms with van der Waals surface area (Å²) in [6.45, 7) is 6.05. The third-order valence-corrected chi connectivity index (χ3v) is 6.12. The van der Waals surface area contributed by atoms with E-state index in [9.17, 15) is 8.42 Å². The van der Waals surface area contributed by atoms with E-state index in [0.717, 1.165) is 0 Å². The molecule has 1 radical (unpaired) electrons. The van der Waals surface area contributed by atoms with Gasteiger partial charge in [0.1, 0.15) is 8.07 Å². The Kier molecular flexibility index (Phi) is 3.12. The summed E-state index contributed by atoms with van der Waals surface area (Å²) in [6.07, 6.45) is 0. The van der Waals surface area contributed by atoms with E-state index in [-0.39, 0.29) is 9.92 Å². The lowest BCUT2D eigenvalue weighted by Crippen LogP contribution is -2.29. The number of rotatable bonds is 3. The Morgan fingerprint density at radius 1 is 1.06 bits per heavy atom. The standard InChI is InChI=1S/C11H14N3O2SSi/c1-18(2,3)11-10(12-14-13-11)17(15,16)9-7-5-4-6-8-9/h4-8H,1-3H3. The van der Waals surface area contributed by atoms with Crippen LogP contribution in [0, 0.1) is 0 Å². The van der Waals surface area contributed by atoms with E-state index in [0.29, 0.717) is 5.32 Å². The van der Waals surface area contributed by atoms with Crippen LogP contribution in [-0.4, -0.2) is 16.5 Å². The summed E-state index contributed by atoms with van der Waals surface area (Å²) in [4.78, 5) is 0.229. The highest BCUT2D eigenvalue weighted by atomic mass is 32.2. The predicted molar refractivity (Wildman–Crippen MR) is 71.0 cm³/mol.